The molecule has 2 nitrogen and oxygen atoms in total. The van der Waals surface area contributed by atoms with Gasteiger partial charge in [-0.25, -0.2) is 0 Å². The minimum absolute atomic E-state index is 0.588. The first-order valence-electron chi connectivity index (χ1n) is 2.63. The van der Waals surface area contributed by atoms with E-state index in [2.05, 4.69) is 4.98 Å². The number of hydrogen-bond donors (Lipinski definition) is 0. The first-order valence-corrected chi connectivity index (χ1v) is 2.63. The molecular weight excluding hydrogens is 114 g/mol. The van der Waals surface area contributed by atoms with Crippen LogP contribution in [0.1, 0.15) is 11.1 Å². The molecule has 1 rings (SSSR count). The molecule has 0 spiro atoms. The maximum absolute atomic E-state index is 10.1. The lowest BCUT2D eigenvalue weighted by Crippen LogP contribution is -1.85. The van der Waals surface area contributed by atoms with E-state index in [1.165, 1.54) is 0 Å². The van der Waals surface area contributed by atoms with Crippen molar-refractivity contribution in [1.82, 2.24) is 4.98 Å². The van der Waals surface area contributed by atoms with Crippen LogP contribution in [0.25, 0.3) is 0 Å². The summed E-state index contributed by atoms with van der Waals surface area (Å²) in [4.78, 5) is 13.9. The Balaban J connectivity index is 3.15. The summed E-state index contributed by atoms with van der Waals surface area (Å²) in [5, 5.41) is 0. The number of aryl methyl sites for hydroxylation is 1. The Labute approximate surface area is 53.5 Å². The fourth-order valence-electron chi connectivity index (χ4n) is 0.588. The molecule has 0 aliphatic heterocycles. The zero-order chi connectivity index (χ0) is 6.69. The molecule has 1 aromatic rings. The summed E-state index contributed by atoms with van der Waals surface area (Å²) in [6.45, 7) is 1.83. The molecule has 0 aromatic carbocycles. The monoisotopic (exact) mass is 120 g/mol. The van der Waals surface area contributed by atoms with E-state index in [1.807, 2.05) is 6.92 Å². The molecule has 1 radical (unpaired) electrons. The minimum atomic E-state index is 0.588. The van der Waals surface area contributed by atoms with Crippen LogP contribution in [0.15, 0.2) is 18.5 Å². The van der Waals surface area contributed by atoms with Crippen LogP contribution < -0.4 is 0 Å². The lowest BCUT2D eigenvalue weighted by molar-refractivity contribution is 0.562. The summed E-state index contributed by atoms with van der Waals surface area (Å²) in [7, 11) is 0. The van der Waals surface area contributed by atoms with Crippen LogP contribution in [0, 0.1) is 6.92 Å². The Morgan fingerprint density at radius 2 is 2.44 bits per heavy atom. The van der Waals surface area contributed by atoms with E-state index in [1.54, 1.807) is 24.7 Å². The van der Waals surface area contributed by atoms with Gasteiger partial charge < -0.3 is 0 Å². The third kappa shape index (κ3) is 1.13. The summed E-state index contributed by atoms with van der Waals surface area (Å²) >= 11 is 0. The molecule has 0 amide bonds. The van der Waals surface area contributed by atoms with E-state index in [0.29, 0.717) is 5.56 Å². The van der Waals surface area contributed by atoms with Crippen molar-refractivity contribution in [3.8, 4) is 0 Å². The Kier molecular flexibility index (Phi) is 1.58. The average Bonchev–Trinajstić information content (AvgIpc) is 1.89. The van der Waals surface area contributed by atoms with Crippen LogP contribution in [-0.2, 0) is 4.79 Å². The highest BCUT2D eigenvalue weighted by Gasteiger charge is 1.92. The second-order valence-corrected chi connectivity index (χ2v) is 1.79. The molecular formula is C7H6NO. The fourth-order valence-corrected chi connectivity index (χ4v) is 0.588. The molecule has 0 N–H and O–H groups in total. The van der Waals surface area contributed by atoms with Crippen molar-refractivity contribution in [1.29, 1.82) is 0 Å². The van der Waals surface area contributed by atoms with Crippen molar-refractivity contribution in [3.05, 3.63) is 29.6 Å². The quantitative estimate of drug-likeness (QED) is 0.549. The molecule has 0 unspecified atom stereocenters. The number of hydrogen-bond acceptors (Lipinski definition) is 2. The normalized spacial score (nSPS) is 9.00. The molecule has 1 aromatic heterocycles. The van der Waals surface area contributed by atoms with Crippen molar-refractivity contribution < 1.29 is 4.79 Å². The van der Waals surface area contributed by atoms with Crippen LogP contribution in [-0.4, -0.2) is 11.3 Å². The first-order chi connectivity index (χ1) is 4.34. The summed E-state index contributed by atoms with van der Waals surface area (Å²) in [5.41, 5.74) is 1.46. The number of nitrogens with zero attached hydrogens (tertiary/aromatic N) is 1. The van der Waals surface area contributed by atoms with E-state index in [0.717, 1.165) is 5.56 Å². The highest BCUT2D eigenvalue weighted by atomic mass is 16.1. The molecule has 0 atom stereocenters. The van der Waals surface area contributed by atoms with Gasteiger partial charge in [0.2, 0.25) is 6.29 Å². The zero-order valence-electron chi connectivity index (χ0n) is 5.09. The summed E-state index contributed by atoms with van der Waals surface area (Å²) in [6, 6.07) is 1.64. The topological polar surface area (TPSA) is 30.0 Å². The number of carbonyl (C=O) groups excluding carboxylic acids is 1. The summed E-state index contributed by atoms with van der Waals surface area (Å²) in [5.74, 6) is 0. The Hall–Kier alpha value is -1.18. The average molecular weight is 120 g/mol. The van der Waals surface area contributed by atoms with Gasteiger partial charge in [-0.3, -0.25) is 9.78 Å². The van der Waals surface area contributed by atoms with E-state index in [9.17, 15) is 4.79 Å². The Bertz CT molecular complexity index is 220. The van der Waals surface area contributed by atoms with Gasteiger partial charge in [-0.1, -0.05) is 0 Å². The lowest BCUT2D eigenvalue weighted by Gasteiger charge is -1.90. The maximum atomic E-state index is 10.1. The smallest absolute Gasteiger partial charge is 0.233 e. The van der Waals surface area contributed by atoms with Gasteiger partial charge in [0, 0.05) is 18.0 Å². The second-order valence-electron chi connectivity index (χ2n) is 1.79. The van der Waals surface area contributed by atoms with Crippen molar-refractivity contribution in [3.63, 3.8) is 0 Å². The molecule has 0 aliphatic carbocycles. The molecule has 0 bridgehead atoms. The predicted molar refractivity (Wildman–Crippen MR) is 33.8 cm³/mol. The van der Waals surface area contributed by atoms with Gasteiger partial charge >= 0.3 is 0 Å². The SMILES string of the molecule is Cc1cnccc1[C]=O. The largest absolute Gasteiger partial charge is 0.285 e. The number of rotatable bonds is 1. The third-order valence-corrected chi connectivity index (χ3v) is 1.13. The van der Waals surface area contributed by atoms with Crippen LogP contribution >= 0.6 is 0 Å². The maximum Gasteiger partial charge on any atom is 0.233 e. The van der Waals surface area contributed by atoms with Gasteiger partial charge in [0.1, 0.15) is 0 Å². The van der Waals surface area contributed by atoms with Crippen LogP contribution in [0.2, 0.25) is 0 Å². The van der Waals surface area contributed by atoms with Crippen LogP contribution in [0.4, 0.5) is 0 Å². The van der Waals surface area contributed by atoms with E-state index in [-0.39, 0.29) is 0 Å². The molecule has 2 heteroatoms. The van der Waals surface area contributed by atoms with Crippen LogP contribution in [0.5, 0.6) is 0 Å². The Morgan fingerprint density at radius 1 is 1.67 bits per heavy atom. The molecule has 1 heterocycles. The molecule has 0 aliphatic rings. The van der Waals surface area contributed by atoms with Gasteiger partial charge in [-0.15, -0.1) is 0 Å². The molecule has 45 valence electrons. The van der Waals surface area contributed by atoms with Gasteiger partial charge in [0.25, 0.3) is 0 Å². The second kappa shape index (κ2) is 2.40. The summed E-state index contributed by atoms with van der Waals surface area (Å²) in [6.07, 6.45) is 5.02. The van der Waals surface area contributed by atoms with Crippen molar-refractivity contribution in [2.45, 2.75) is 6.92 Å². The highest BCUT2D eigenvalue weighted by molar-refractivity contribution is 5.76. The molecule has 9 heavy (non-hydrogen) atoms. The van der Waals surface area contributed by atoms with Gasteiger partial charge in [-0.05, 0) is 18.6 Å². The molecule has 0 saturated carbocycles. The van der Waals surface area contributed by atoms with Gasteiger partial charge in [-0.2, -0.15) is 0 Å². The highest BCUT2D eigenvalue weighted by Crippen LogP contribution is 1.99. The standard InChI is InChI=1S/C7H6NO/c1-6-4-8-3-2-7(6)5-9/h2-4H,1H3. The minimum Gasteiger partial charge on any atom is -0.285 e. The van der Waals surface area contributed by atoms with Gasteiger partial charge in [0.05, 0.1) is 0 Å². The van der Waals surface area contributed by atoms with E-state index in [4.69, 9.17) is 0 Å². The third-order valence-electron chi connectivity index (χ3n) is 1.13. The van der Waals surface area contributed by atoms with Crippen molar-refractivity contribution >= 4 is 6.29 Å². The van der Waals surface area contributed by atoms with Gasteiger partial charge in [0.15, 0.2) is 0 Å². The number of pyridine rings is 1. The van der Waals surface area contributed by atoms with E-state index >= 15 is 0 Å². The van der Waals surface area contributed by atoms with E-state index < -0.39 is 0 Å². The Morgan fingerprint density at radius 3 is 2.89 bits per heavy atom. The summed E-state index contributed by atoms with van der Waals surface area (Å²) < 4.78 is 0. The first kappa shape index (κ1) is 5.95. The molecule has 0 fully saturated rings. The molecule has 0 saturated heterocycles. The fraction of sp³-hybridized carbons (Fsp3) is 0.143. The van der Waals surface area contributed by atoms with Crippen molar-refractivity contribution in [2.75, 3.05) is 0 Å². The predicted octanol–water partition coefficient (Wildman–Crippen LogP) is 0.848. The van der Waals surface area contributed by atoms with Crippen molar-refractivity contribution in [2.24, 2.45) is 0 Å². The zero-order valence-corrected chi connectivity index (χ0v) is 5.09. The number of aromatic nitrogens is 1. The van der Waals surface area contributed by atoms with Crippen LogP contribution in [0.3, 0.4) is 0 Å². The lowest BCUT2D eigenvalue weighted by atomic mass is 10.2.